The lowest BCUT2D eigenvalue weighted by Crippen LogP contribution is -2.20. The summed E-state index contributed by atoms with van der Waals surface area (Å²) in [7, 11) is 0. The zero-order valence-electron chi connectivity index (χ0n) is 8.25. The number of aryl methyl sites for hydroxylation is 1. The average molecular weight is 210 g/mol. The maximum atomic E-state index is 5.96. The summed E-state index contributed by atoms with van der Waals surface area (Å²) in [5, 5.41) is 0.792. The van der Waals surface area contributed by atoms with Gasteiger partial charge in [0.2, 0.25) is 0 Å². The molecule has 14 heavy (non-hydrogen) atoms. The van der Waals surface area contributed by atoms with E-state index in [0.717, 1.165) is 16.1 Å². The van der Waals surface area contributed by atoms with E-state index >= 15 is 0 Å². The molecule has 2 nitrogen and oxygen atoms in total. The van der Waals surface area contributed by atoms with Gasteiger partial charge in [0, 0.05) is 5.02 Å². The highest BCUT2D eigenvalue weighted by molar-refractivity contribution is 6.31. The fourth-order valence-electron chi connectivity index (χ4n) is 1.53. The Morgan fingerprint density at radius 1 is 1.50 bits per heavy atom. The van der Waals surface area contributed by atoms with Crippen LogP contribution in [-0.4, -0.2) is 13.0 Å². The van der Waals surface area contributed by atoms with Crippen LogP contribution in [0.2, 0.25) is 5.02 Å². The number of nitrogens with zero attached hydrogens (tertiary/aromatic N) is 1. The molecule has 0 aliphatic carbocycles. The minimum Gasteiger partial charge on any atom is -0.481 e. The molecule has 0 aromatic heterocycles. The second-order valence-electron chi connectivity index (χ2n) is 3.78. The van der Waals surface area contributed by atoms with Gasteiger partial charge in [0.05, 0.1) is 0 Å². The van der Waals surface area contributed by atoms with Crippen molar-refractivity contribution in [3.63, 3.8) is 0 Å². The molecule has 0 amide bonds. The van der Waals surface area contributed by atoms with E-state index in [2.05, 4.69) is 18.0 Å². The zero-order valence-corrected chi connectivity index (χ0v) is 9.01. The largest absolute Gasteiger partial charge is 0.481 e. The highest BCUT2D eigenvalue weighted by atomic mass is 35.5. The predicted molar refractivity (Wildman–Crippen MR) is 58.0 cm³/mol. The summed E-state index contributed by atoms with van der Waals surface area (Å²) in [4.78, 5) is 4.32. The maximum absolute atomic E-state index is 5.96. The number of ether oxygens (including phenoxy) is 1. The Kier molecular flexibility index (Phi) is 2.23. The Morgan fingerprint density at radius 2 is 2.29 bits per heavy atom. The van der Waals surface area contributed by atoms with Gasteiger partial charge < -0.3 is 4.74 Å². The first kappa shape index (κ1) is 9.53. The molecule has 0 N–H and O–H groups in total. The van der Waals surface area contributed by atoms with E-state index in [4.69, 9.17) is 16.3 Å². The molecule has 0 radical (unpaired) electrons. The number of rotatable bonds is 1. The van der Waals surface area contributed by atoms with E-state index in [9.17, 15) is 0 Å². The van der Waals surface area contributed by atoms with Gasteiger partial charge in [-0.3, -0.25) is 0 Å². The second-order valence-corrected chi connectivity index (χ2v) is 4.19. The predicted octanol–water partition coefficient (Wildman–Crippen LogP) is 2.92. The Labute approximate surface area is 88.6 Å². The van der Waals surface area contributed by atoms with Gasteiger partial charge in [-0.2, -0.15) is 0 Å². The van der Waals surface area contributed by atoms with E-state index in [0.29, 0.717) is 6.61 Å². The summed E-state index contributed by atoms with van der Waals surface area (Å²) < 4.78 is 5.16. The van der Waals surface area contributed by atoms with Crippen LogP contribution in [-0.2, 0) is 10.3 Å². The third kappa shape index (κ3) is 1.50. The fraction of sp³-hybridized carbons (Fsp3) is 0.364. The molecule has 1 aliphatic rings. The van der Waals surface area contributed by atoms with Crippen molar-refractivity contribution in [1.82, 2.24) is 0 Å². The van der Waals surface area contributed by atoms with Crippen molar-refractivity contribution < 1.29 is 4.74 Å². The van der Waals surface area contributed by atoms with Gasteiger partial charge in [0.25, 0.3) is 0 Å². The lowest BCUT2D eigenvalue weighted by atomic mass is 9.93. The first-order chi connectivity index (χ1) is 6.62. The molecule has 3 heteroatoms. The smallest absolute Gasteiger partial charge is 0.170 e. The van der Waals surface area contributed by atoms with Crippen molar-refractivity contribution in [2.75, 3.05) is 6.61 Å². The van der Waals surface area contributed by atoms with E-state index in [1.54, 1.807) is 0 Å². The van der Waals surface area contributed by atoms with Crippen LogP contribution < -0.4 is 0 Å². The molecule has 1 aromatic rings. The maximum Gasteiger partial charge on any atom is 0.170 e. The summed E-state index contributed by atoms with van der Waals surface area (Å²) in [6.45, 7) is 4.65. The van der Waals surface area contributed by atoms with E-state index < -0.39 is 0 Å². The Balaban J connectivity index is 2.42. The van der Waals surface area contributed by atoms with E-state index in [1.807, 2.05) is 19.1 Å². The van der Waals surface area contributed by atoms with Crippen LogP contribution in [0.3, 0.4) is 0 Å². The molecule has 0 spiro atoms. The number of aliphatic imine (C=N–C) groups is 1. The lowest BCUT2D eigenvalue weighted by molar-refractivity contribution is 0.276. The third-order valence-electron chi connectivity index (χ3n) is 2.56. The summed E-state index contributed by atoms with van der Waals surface area (Å²) in [6.07, 6.45) is 1.52. The van der Waals surface area contributed by atoms with Crippen molar-refractivity contribution in [2.45, 2.75) is 19.4 Å². The molecule has 1 aromatic carbocycles. The van der Waals surface area contributed by atoms with Crippen LogP contribution in [0.4, 0.5) is 0 Å². The molecule has 74 valence electrons. The van der Waals surface area contributed by atoms with Gasteiger partial charge in [-0.15, -0.1) is 0 Å². The van der Waals surface area contributed by atoms with Gasteiger partial charge in [-0.05, 0) is 31.0 Å². The van der Waals surface area contributed by atoms with Crippen molar-refractivity contribution in [3.8, 4) is 0 Å². The molecule has 1 aliphatic heterocycles. The monoisotopic (exact) mass is 209 g/mol. The van der Waals surface area contributed by atoms with Gasteiger partial charge in [-0.1, -0.05) is 23.7 Å². The Hall–Kier alpha value is -1.02. The third-order valence-corrected chi connectivity index (χ3v) is 2.98. The second kappa shape index (κ2) is 3.28. The summed E-state index contributed by atoms with van der Waals surface area (Å²) in [5.41, 5.74) is 1.98. The molecule has 0 fully saturated rings. The van der Waals surface area contributed by atoms with E-state index in [-0.39, 0.29) is 5.54 Å². The summed E-state index contributed by atoms with van der Waals surface area (Å²) >= 11 is 5.96. The topological polar surface area (TPSA) is 21.6 Å². The van der Waals surface area contributed by atoms with Gasteiger partial charge in [0.15, 0.2) is 6.40 Å². The highest BCUT2D eigenvalue weighted by Gasteiger charge is 2.29. The van der Waals surface area contributed by atoms with Crippen LogP contribution in [0, 0.1) is 6.92 Å². The molecule has 1 atom stereocenters. The Morgan fingerprint density at radius 3 is 2.86 bits per heavy atom. The number of hydrogen-bond donors (Lipinski definition) is 0. The van der Waals surface area contributed by atoms with Gasteiger partial charge in [-0.25, -0.2) is 4.99 Å². The van der Waals surface area contributed by atoms with Crippen LogP contribution in [0.5, 0.6) is 0 Å². The summed E-state index contributed by atoms with van der Waals surface area (Å²) in [6, 6.07) is 5.97. The van der Waals surface area contributed by atoms with Crippen LogP contribution in [0.25, 0.3) is 0 Å². The normalized spacial score (nSPS) is 25.1. The van der Waals surface area contributed by atoms with Gasteiger partial charge in [0.1, 0.15) is 12.1 Å². The van der Waals surface area contributed by atoms with Gasteiger partial charge >= 0.3 is 0 Å². The molecule has 1 unspecified atom stereocenters. The molecular weight excluding hydrogens is 198 g/mol. The molecule has 1 heterocycles. The number of benzene rings is 1. The average Bonchev–Trinajstić information content (AvgIpc) is 2.58. The number of halogens is 1. The van der Waals surface area contributed by atoms with Crippen molar-refractivity contribution >= 4 is 18.0 Å². The SMILES string of the molecule is Cc1cc(C2(C)COC=N2)ccc1Cl. The van der Waals surface area contributed by atoms with Crippen molar-refractivity contribution in [2.24, 2.45) is 4.99 Å². The van der Waals surface area contributed by atoms with Crippen LogP contribution in [0.1, 0.15) is 18.1 Å². The van der Waals surface area contributed by atoms with Crippen molar-refractivity contribution in [3.05, 3.63) is 34.3 Å². The molecular formula is C11H12ClNO. The molecule has 0 saturated carbocycles. The Bertz CT molecular complexity index is 389. The quantitative estimate of drug-likeness (QED) is 0.697. The molecule has 0 saturated heterocycles. The lowest BCUT2D eigenvalue weighted by Gasteiger charge is -2.19. The minimum absolute atomic E-state index is 0.241. The molecule has 0 bridgehead atoms. The van der Waals surface area contributed by atoms with Crippen LogP contribution in [0.15, 0.2) is 23.2 Å². The minimum atomic E-state index is -0.241. The zero-order chi connectivity index (χ0) is 10.2. The first-order valence-corrected chi connectivity index (χ1v) is 4.91. The van der Waals surface area contributed by atoms with Crippen LogP contribution >= 0.6 is 11.6 Å². The van der Waals surface area contributed by atoms with E-state index in [1.165, 1.54) is 6.40 Å². The first-order valence-electron chi connectivity index (χ1n) is 4.54. The number of hydrogen-bond acceptors (Lipinski definition) is 2. The summed E-state index contributed by atoms with van der Waals surface area (Å²) in [5.74, 6) is 0. The highest BCUT2D eigenvalue weighted by Crippen LogP contribution is 2.30. The fourth-order valence-corrected chi connectivity index (χ4v) is 1.65. The molecule has 2 rings (SSSR count). The standard InChI is InChI=1S/C11H12ClNO/c1-8-5-9(3-4-10(8)12)11(2)6-14-7-13-11/h3-5,7H,6H2,1-2H3. The van der Waals surface area contributed by atoms with Crippen molar-refractivity contribution in [1.29, 1.82) is 0 Å².